The molecule has 0 saturated heterocycles. The van der Waals surface area contributed by atoms with Crippen LogP contribution in [0.25, 0.3) is 0 Å². The van der Waals surface area contributed by atoms with Crippen LogP contribution < -0.4 is 0 Å². The molecule has 2 rings (SSSR count). The summed E-state index contributed by atoms with van der Waals surface area (Å²) in [6.07, 6.45) is 0.423. The Morgan fingerprint density at radius 3 is 2.10 bits per heavy atom. The molecular formula is C18H16O2. The van der Waals surface area contributed by atoms with Gasteiger partial charge in [-0.25, -0.2) is 0 Å². The van der Waals surface area contributed by atoms with Gasteiger partial charge in [-0.05, 0) is 24.1 Å². The molecular weight excluding hydrogens is 248 g/mol. The van der Waals surface area contributed by atoms with Gasteiger partial charge in [-0.3, -0.25) is 4.79 Å². The Balaban J connectivity index is 2.50. The summed E-state index contributed by atoms with van der Waals surface area (Å²) in [6.45, 7) is 1.85. The first-order valence-electron chi connectivity index (χ1n) is 6.56. The molecule has 2 heteroatoms. The zero-order valence-corrected chi connectivity index (χ0v) is 11.3. The molecule has 0 unspecified atom stereocenters. The summed E-state index contributed by atoms with van der Waals surface area (Å²) in [5.74, 6) is 5.04. The quantitative estimate of drug-likeness (QED) is 0.862. The highest BCUT2D eigenvalue weighted by atomic mass is 16.4. The maximum atomic E-state index is 11.8. The predicted octanol–water partition coefficient (Wildman–Crippen LogP) is 3.47. The zero-order chi connectivity index (χ0) is 14.4. The van der Waals surface area contributed by atoms with Crippen LogP contribution in [0.4, 0.5) is 0 Å². The van der Waals surface area contributed by atoms with Crippen molar-refractivity contribution in [1.82, 2.24) is 0 Å². The second-order valence-electron chi connectivity index (χ2n) is 4.55. The van der Waals surface area contributed by atoms with Gasteiger partial charge in [-0.15, -0.1) is 0 Å². The van der Waals surface area contributed by atoms with E-state index >= 15 is 0 Å². The van der Waals surface area contributed by atoms with Crippen molar-refractivity contribution in [1.29, 1.82) is 0 Å². The third kappa shape index (κ3) is 2.73. The van der Waals surface area contributed by atoms with Crippen LogP contribution >= 0.6 is 0 Å². The molecule has 0 aromatic heterocycles. The molecule has 2 aromatic rings. The highest BCUT2D eigenvalue weighted by Gasteiger charge is 2.36. The highest BCUT2D eigenvalue weighted by molar-refractivity contribution is 5.86. The van der Waals surface area contributed by atoms with Gasteiger partial charge in [0.2, 0.25) is 0 Å². The fourth-order valence-corrected chi connectivity index (χ4v) is 2.12. The first-order valence-corrected chi connectivity index (χ1v) is 6.56. The molecule has 0 aliphatic carbocycles. The van der Waals surface area contributed by atoms with Crippen LogP contribution in [-0.2, 0) is 10.2 Å². The van der Waals surface area contributed by atoms with Crippen molar-refractivity contribution in [3.63, 3.8) is 0 Å². The van der Waals surface area contributed by atoms with E-state index in [0.29, 0.717) is 6.42 Å². The second-order valence-corrected chi connectivity index (χ2v) is 4.55. The predicted molar refractivity (Wildman–Crippen MR) is 79.4 cm³/mol. The molecule has 1 atom stereocenters. The van der Waals surface area contributed by atoms with Crippen molar-refractivity contribution in [2.45, 2.75) is 18.8 Å². The minimum absolute atomic E-state index is 0.423. The summed E-state index contributed by atoms with van der Waals surface area (Å²) in [5, 5.41) is 9.65. The lowest BCUT2D eigenvalue weighted by atomic mass is 9.78. The van der Waals surface area contributed by atoms with E-state index in [1.807, 2.05) is 67.6 Å². The molecule has 0 amide bonds. The lowest BCUT2D eigenvalue weighted by molar-refractivity contribution is -0.141. The molecule has 0 fully saturated rings. The van der Waals surface area contributed by atoms with Crippen molar-refractivity contribution < 1.29 is 9.90 Å². The molecule has 1 N–H and O–H groups in total. The van der Waals surface area contributed by atoms with Crippen molar-refractivity contribution in [2.75, 3.05) is 0 Å². The molecule has 0 spiro atoms. The molecule has 0 heterocycles. The van der Waals surface area contributed by atoms with Crippen molar-refractivity contribution in [2.24, 2.45) is 0 Å². The Kier molecular flexibility index (Phi) is 4.22. The minimum atomic E-state index is -1.16. The van der Waals surface area contributed by atoms with E-state index in [1.54, 1.807) is 0 Å². The van der Waals surface area contributed by atoms with Gasteiger partial charge in [0.1, 0.15) is 0 Å². The van der Waals surface area contributed by atoms with Gasteiger partial charge < -0.3 is 5.11 Å². The average Bonchev–Trinajstić information content (AvgIpc) is 2.50. The van der Waals surface area contributed by atoms with Gasteiger partial charge in [-0.1, -0.05) is 67.3 Å². The van der Waals surface area contributed by atoms with Gasteiger partial charge in [0.25, 0.3) is 0 Å². The van der Waals surface area contributed by atoms with Gasteiger partial charge in [0, 0.05) is 5.56 Å². The maximum absolute atomic E-state index is 11.8. The molecule has 20 heavy (non-hydrogen) atoms. The third-order valence-corrected chi connectivity index (χ3v) is 3.36. The van der Waals surface area contributed by atoms with Crippen LogP contribution in [-0.4, -0.2) is 11.1 Å². The number of carbonyl (C=O) groups is 1. The smallest absolute Gasteiger partial charge is 0.326 e. The Morgan fingerprint density at radius 2 is 1.60 bits per heavy atom. The number of aliphatic carboxylic acids is 1. The van der Waals surface area contributed by atoms with E-state index in [2.05, 4.69) is 11.8 Å². The van der Waals surface area contributed by atoms with Crippen molar-refractivity contribution in [3.05, 3.63) is 71.8 Å². The summed E-state index contributed by atoms with van der Waals surface area (Å²) >= 11 is 0. The van der Waals surface area contributed by atoms with E-state index in [0.717, 1.165) is 11.1 Å². The summed E-state index contributed by atoms with van der Waals surface area (Å²) < 4.78 is 0. The second kappa shape index (κ2) is 6.08. The molecule has 2 aromatic carbocycles. The van der Waals surface area contributed by atoms with Gasteiger partial charge in [0.05, 0.1) is 0 Å². The number of hydrogen-bond acceptors (Lipinski definition) is 1. The summed E-state index contributed by atoms with van der Waals surface area (Å²) in [5.41, 5.74) is 0.387. The number of rotatable bonds is 3. The number of benzene rings is 2. The van der Waals surface area contributed by atoms with Gasteiger partial charge in [-0.2, -0.15) is 0 Å². The largest absolute Gasteiger partial charge is 0.480 e. The van der Waals surface area contributed by atoms with Crippen molar-refractivity contribution in [3.8, 4) is 11.8 Å². The minimum Gasteiger partial charge on any atom is -0.480 e. The molecule has 0 radical (unpaired) electrons. The highest BCUT2D eigenvalue weighted by Crippen LogP contribution is 2.27. The number of carboxylic acids is 1. The molecule has 100 valence electrons. The maximum Gasteiger partial charge on any atom is 0.326 e. The van der Waals surface area contributed by atoms with Crippen molar-refractivity contribution >= 4 is 5.97 Å². The SMILES string of the molecule is CC[C@](C#Cc1ccccc1)(C(=O)O)c1ccccc1. The van der Waals surface area contributed by atoms with E-state index < -0.39 is 11.4 Å². The topological polar surface area (TPSA) is 37.3 Å². The fraction of sp³-hybridized carbons (Fsp3) is 0.167. The molecule has 0 aliphatic heterocycles. The van der Waals surface area contributed by atoms with Crippen LogP contribution in [0.15, 0.2) is 60.7 Å². The monoisotopic (exact) mass is 264 g/mol. The first-order chi connectivity index (χ1) is 9.69. The van der Waals surface area contributed by atoms with Crippen LogP contribution in [0, 0.1) is 11.8 Å². The lowest BCUT2D eigenvalue weighted by Crippen LogP contribution is -2.33. The summed E-state index contributed by atoms with van der Waals surface area (Å²) in [4.78, 5) is 11.8. The lowest BCUT2D eigenvalue weighted by Gasteiger charge is -2.22. The Labute approximate surface area is 119 Å². The van der Waals surface area contributed by atoms with E-state index in [-0.39, 0.29) is 0 Å². The van der Waals surface area contributed by atoms with Gasteiger partial charge in [0.15, 0.2) is 5.41 Å². The summed E-state index contributed by atoms with van der Waals surface area (Å²) in [6, 6.07) is 18.6. The Bertz CT molecular complexity index is 635. The van der Waals surface area contributed by atoms with Crippen LogP contribution in [0.2, 0.25) is 0 Å². The summed E-state index contributed by atoms with van der Waals surface area (Å²) in [7, 11) is 0. The first kappa shape index (κ1) is 13.9. The third-order valence-electron chi connectivity index (χ3n) is 3.36. The Hall–Kier alpha value is -2.53. The standard InChI is InChI=1S/C18H16O2/c1-2-18(17(19)20,16-11-7-4-8-12-16)14-13-15-9-5-3-6-10-15/h3-12H,2H2,1H3,(H,19,20)/t18-/m1/s1. The number of carboxylic acid groups (broad SMARTS) is 1. The molecule has 0 bridgehead atoms. The molecule has 0 aliphatic rings. The van der Waals surface area contributed by atoms with E-state index in [1.165, 1.54) is 0 Å². The van der Waals surface area contributed by atoms with E-state index in [4.69, 9.17) is 0 Å². The average molecular weight is 264 g/mol. The van der Waals surface area contributed by atoms with Crippen LogP contribution in [0.3, 0.4) is 0 Å². The normalized spacial score (nSPS) is 12.8. The molecule has 0 saturated carbocycles. The fourth-order valence-electron chi connectivity index (χ4n) is 2.12. The molecule has 2 nitrogen and oxygen atoms in total. The van der Waals surface area contributed by atoms with E-state index in [9.17, 15) is 9.90 Å². The Morgan fingerprint density at radius 1 is 1.05 bits per heavy atom. The zero-order valence-electron chi connectivity index (χ0n) is 11.3. The van der Waals surface area contributed by atoms with Gasteiger partial charge >= 0.3 is 5.97 Å². The number of hydrogen-bond donors (Lipinski definition) is 1. The van der Waals surface area contributed by atoms with Crippen LogP contribution in [0.1, 0.15) is 24.5 Å². The van der Waals surface area contributed by atoms with Crippen LogP contribution in [0.5, 0.6) is 0 Å².